The molecule has 0 aromatic heterocycles. The molecular weight excluding hydrogens is 362 g/mol. The number of hydrogen-bond donors (Lipinski definition) is 3. The van der Waals surface area contributed by atoms with Gasteiger partial charge >= 0.3 is 6.03 Å². The van der Waals surface area contributed by atoms with E-state index in [9.17, 15) is 9.59 Å². The lowest BCUT2D eigenvalue weighted by Gasteiger charge is -2.27. The minimum absolute atomic E-state index is 0.156. The summed E-state index contributed by atoms with van der Waals surface area (Å²) < 4.78 is 0. The van der Waals surface area contributed by atoms with E-state index in [-0.39, 0.29) is 10.6 Å². The lowest BCUT2D eigenvalue weighted by Crippen LogP contribution is -2.43. The van der Waals surface area contributed by atoms with Crippen molar-refractivity contribution in [1.82, 2.24) is 5.32 Å². The Kier molecular flexibility index (Phi) is 5.06. The van der Waals surface area contributed by atoms with Gasteiger partial charge in [0, 0.05) is 5.69 Å². The number of fused-ring (bicyclic) bond motifs is 1. The van der Waals surface area contributed by atoms with Crippen LogP contribution in [0.1, 0.15) is 29.8 Å². The Bertz CT molecular complexity index is 1030. The molecule has 0 fully saturated rings. The number of primary amides is 1. The molecule has 0 saturated carbocycles. The molecule has 0 atom stereocenters. The lowest BCUT2D eigenvalue weighted by molar-refractivity contribution is 0.100. The van der Waals surface area contributed by atoms with E-state index in [4.69, 9.17) is 17.3 Å². The van der Waals surface area contributed by atoms with Crippen molar-refractivity contribution < 1.29 is 9.59 Å². The fourth-order valence-electron chi connectivity index (χ4n) is 2.89. The first-order valence-corrected chi connectivity index (χ1v) is 8.82. The van der Waals surface area contributed by atoms with Crippen LogP contribution >= 0.6 is 11.6 Å². The van der Waals surface area contributed by atoms with E-state index in [1.54, 1.807) is 6.07 Å². The molecule has 3 aromatic rings. The number of nitrogens with one attached hydrogen (secondary N) is 2. The van der Waals surface area contributed by atoms with Crippen LogP contribution in [0.5, 0.6) is 0 Å². The molecule has 4 N–H and O–H groups in total. The number of carbonyl (C=O) groups excluding carboxylic acids is 2. The molecule has 0 bridgehead atoms. The Morgan fingerprint density at radius 2 is 1.67 bits per heavy atom. The van der Waals surface area contributed by atoms with Crippen molar-refractivity contribution in [3.8, 4) is 0 Å². The summed E-state index contributed by atoms with van der Waals surface area (Å²) in [4.78, 5) is 23.8. The molecule has 0 aliphatic rings. The fraction of sp³-hybridized carbons (Fsp3) is 0.143. The highest BCUT2D eigenvalue weighted by Crippen LogP contribution is 2.25. The summed E-state index contributed by atoms with van der Waals surface area (Å²) in [5.41, 5.74) is 6.25. The average Bonchev–Trinajstić information content (AvgIpc) is 2.62. The summed E-state index contributed by atoms with van der Waals surface area (Å²) in [5.74, 6) is -0.652. The van der Waals surface area contributed by atoms with Crippen LogP contribution in [0, 0.1) is 0 Å². The van der Waals surface area contributed by atoms with Crippen molar-refractivity contribution in [1.29, 1.82) is 0 Å². The third-order valence-electron chi connectivity index (χ3n) is 4.39. The van der Waals surface area contributed by atoms with Gasteiger partial charge in [-0.15, -0.1) is 0 Å². The molecule has 0 spiro atoms. The number of carbonyl (C=O) groups is 2. The third kappa shape index (κ3) is 4.20. The smallest absolute Gasteiger partial charge is 0.319 e. The van der Waals surface area contributed by atoms with Crippen molar-refractivity contribution in [3.63, 3.8) is 0 Å². The second-order valence-corrected chi connectivity index (χ2v) is 7.23. The molecule has 3 aromatic carbocycles. The summed E-state index contributed by atoms with van der Waals surface area (Å²) >= 11 is 5.93. The number of anilines is 1. The van der Waals surface area contributed by atoms with E-state index >= 15 is 0 Å². The monoisotopic (exact) mass is 381 g/mol. The zero-order valence-corrected chi connectivity index (χ0v) is 15.8. The second kappa shape index (κ2) is 7.29. The summed E-state index contributed by atoms with van der Waals surface area (Å²) in [7, 11) is 0. The van der Waals surface area contributed by atoms with Crippen molar-refractivity contribution >= 4 is 40.0 Å². The zero-order valence-electron chi connectivity index (χ0n) is 15.0. The second-order valence-electron chi connectivity index (χ2n) is 6.82. The summed E-state index contributed by atoms with van der Waals surface area (Å²) in [6.07, 6.45) is 0. The number of amides is 3. The van der Waals surface area contributed by atoms with Crippen LogP contribution in [-0.4, -0.2) is 11.9 Å². The molecule has 0 aliphatic carbocycles. The van der Waals surface area contributed by atoms with Crippen LogP contribution in [-0.2, 0) is 5.54 Å². The van der Waals surface area contributed by atoms with Gasteiger partial charge in [0.2, 0.25) is 5.91 Å². The summed E-state index contributed by atoms with van der Waals surface area (Å²) in [6.45, 7) is 3.85. The van der Waals surface area contributed by atoms with Crippen LogP contribution in [0.3, 0.4) is 0 Å². The minimum atomic E-state index is -0.652. The van der Waals surface area contributed by atoms with Gasteiger partial charge in [0.15, 0.2) is 0 Å². The van der Waals surface area contributed by atoms with Gasteiger partial charge in [0.25, 0.3) is 0 Å². The predicted octanol–water partition coefficient (Wildman–Crippen LogP) is 4.65. The van der Waals surface area contributed by atoms with Gasteiger partial charge in [0.05, 0.1) is 16.1 Å². The van der Waals surface area contributed by atoms with Crippen LogP contribution in [0.15, 0.2) is 60.7 Å². The first kappa shape index (κ1) is 18.7. The average molecular weight is 382 g/mol. The van der Waals surface area contributed by atoms with Gasteiger partial charge in [-0.3, -0.25) is 4.79 Å². The normalized spacial score (nSPS) is 11.2. The van der Waals surface area contributed by atoms with Crippen molar-refractivity contribution in [2.45, 2.75) is 19.4 Å². The van der Waals surface area contributed by atoms with E-state index in [2.05, 4.69) is 16.7 Å². The minimum Gasteiger partial charge on any atom is -0.366 e. The molecule has 0 aliphatic heterocycles. The van der Waals surface area contributed by atoms with E-state index in [0.29, 0.717) is 5.69 Å². The molecule has 3 amide bonds. The van der Waals surface area contributed by atoms with Gasteiger partial charge in [-0.05, 0) is 54.4 Å². The molecular formula is C21H20ClN3O2. The fourth-order valence-corrected chi connectivity index (χ4v) is 3.10. The number of nitrogens with two attached hydrogens (primary N) is 1. The van der Waals surface area contributed by atoms with E-state index in [1.165, 1.54) is 12.1 Å². The lowest BCUT2D eigenvalue weighted by atomic mass is 9.92. The highest BCUT2D eigenvalue weighted by Gasteiger charge is 2.23. The van der Waals surface area contributed by atoms with Gasteiger partial charge in [-0.25, -0.2) is 4.79 Å². The van der Waals surface area contributed by atoms with Gasteiger partial charge in [-0.2, -0.15) is 0 Å². The van der Waals surface area contributed by atoms with E-state index < -0.39 is 17.5 Å². The maximum absolute atomic E-state index is 12.5. The van der Waals surface area contributed by atoms with Crippen LogP contribution in [0.25, 0.3) is 10.8 Å². The van der Waals surface area contributed by atoms with E-state index in [0.717, 1.165) is 16.3 Å². The third-order valence-corrected chi connectivity index (χ3v) is 4.72. The Morgan fingerprint density at radius 1 is 0.963 bits per heavy atom. The topological polar surface area (TPSA) is 84.2 Å². The van der Waals surface area contributed by atoms with Crippen molar-refractivity contribution in [3.05, 3.63) is 76.8 Å². The van der Waals surface area contributed by atoms with Gasteiger partial charge in [0.1, 0.15) is 0 Å². The van der Waals surface area contributed by atoms with Crippen LogP contribution in [0.4, 0.5) is 10.5 Å². The van der Waals surface area contributed by atoms with E-state index in [1.807, 2.05) is 50.2 Å². The number of urea groups is 1. The Balaban J connectivity index is 1.77. The maximum Gasteiger partial charge on any atom is 0.319 e. The molecule has 0 heterocycles. The Morgan fingerprint density at radius 3 is 2.37 bits per heavy atom. The summed E-state index contributed by atoms with van der Waals surface area (Å²) in [5, 5.41) is 8.15. The number of halogens is 1. The van der Waals surface area contributed by atoms with Gasteiger partial charge < -0.3 is 16.4 Å². The number of rotatable bonds is 4. The molecule has 27 heavy (non-hydrogen) atoms. The Hall–Kier alpha value is -3.05. The first-order chi connectivity index (χ1) is 12.8. The largest absolute Gasteiger partial charge is 0.366 e. The molecule has 5 nitrogen and oxygen atoms in total. The standard InChI is InChI=1S/C21H20ClN3O2/c1-21(2,15-8-7-13-5-3-4-6-14(13)11-15)25-20(27)24-16-9-10-18(22)17(12-16)19(23)26/h3-12H,1-2H3,(H2,23,26)(H2,24,25,27). The summed E-state index contributed by atoms with van der Waals surface area (Å²) in [6, 6.07) is 18.3. The Labute approximate surface area is 162 Å². The predicted molar refractivity (Wildman–Crippen MR) is 109 cm³/mol. The highest BCUT2D eigenvalue weighted by atomic mass is 35.5. The molecule has 0 unspecified atom stereocenters. The number of benzene rings is 3. The quantitative estimate of drug-likeness (QED) is 0.614. The maximum atomic E-state index is 12.5. The molecule has 0 saturated heterocycles. The first-order valence-electron chi connectivity index (χ1n) is 8.44. The molecule has 0 radical (unpaired) electrons. The SMILES string of the molecule is CC(C)(NC(=O)Nc1ccc(Cl)c(C(N)=O)c1)c1ccc2ccccc2c1. The van der Waals surface area contributed by atoms with Crippen LogP contribution < -0.4 is 16.4 Å². The van der Waals surface area contributed by atoms with Crippen LogP contribution in [0.2, 0.25) is 5.02 Å². The van der Waals surface area contributed by atoms with Crippen molar-refractivity contribution in [2.24, 2.45) is 5.73 Å². The molecule has 3 rings (SSSR count). The number of hydrogen-bond acceptors (Lipinski definition) is 2. The van der Waals surface area contributed by atoms with Gasteiger partial charge in [-0.1, -0.05) is 48.0 Å². The van der Waals surface area contributed by atoms with Crippen molar-refractivity contribution in [2.75, 3.05) is 5.32 Å². The highest BCUT2D eigenvalue weighted by molar-refractivity contribution is 6.34. The molecule has 6 heteroatoms. The molecule has 138 valence electrons. The zero-order chi connectivity index (χ0) is 19.6.